The first-order valence-electron chi connectivity index (χ1n) is 16.4. The number of para-hydroxylation sites is 3. The molecule has 0 spiro atoms. The minimum absolute atomic E-state index is 0.693. The van der Waals surface area contributed by atoms with E-state index in [4.69, 9.17) is 19.4 Å². The maximum atomic E-state index is 6.55. The number of hydrogen-bond acceptors (Lipinski definition) is 4. The summed E-state index contributed by atoms with van der Waals surface area (Å²) in [5.41, 5.74) is 10.7. The highest BCUT2D eigenvalue weighted by atomic mass is 16.3. The van der Waals surface area contributed by atoms with E-state index < -0.39 is 0 Å². The van der Waals surface area contributed by atoms with E-state index in [2.05, 4.69) is 127 Å². The molecule has 7 aromatic carbocycles. The number of nitrogens with zero attached hydrogens (tertiary/aromatic N) is 3. The van der Waals surface area contributed by atoms with Gasteiger partial charge in [0.2, 0.25) is 0 Å². The molecule has 49 heavy (non-hydrogen) atoms. The predicted molar refractivity (Wildman–Crippen MR) is 201 cm³/mol. The smallest absolute Gasteiger partial charge is 0.160 e. The van der Waals surface area contributed by atoms with E-state index in [1.165, 1.54) is 0 Å². The molecular weight excluding hydrogens is 599 g/mol. The summed E-state index contributed by atoms with van der Waals surface area (Å²) < 4.78 is 6.55. The van der Waals surface area contributed by atoms with E-state index in [0.717, 1.165) is 93.7 Å². The maximum absolute atomic E-state index is 6.55. The van der Waals surface area contributed by atoms with Gasteiger partial charge in [0.15, 0.2) is 5.82 Å². The highest BCUT2D eigenvalue weighted by Crippen LogP contribution is 2.41. The average molecular weight is 626 g/mol. The lowest BCUT2D eigenvalue weighted by atomic mass is 9.96. The first-order chi connectivity index (χ1) is 24.3. The third-order valence-electron chi connectivity index (χ3n) is 9.45. The van der Waals surface area contributed by atoms with Gasteiger partial charge in [0.05, 0.1) is 22.4 Å². The number of rotatable bonds is 4. The summed E-state index contributed by atoms with van der Waals surface area (Å²) in [5, 5.41) is 6.43. The number of furan rings is 1. The van der Waals surface area contributed by atoms with E-state index in [-0.39, 0.29) is 0 Å². The van der Waals surface area contributed by atoms with Gasteiger partial charge in [-0.15, -0.1) is 0 Å². The summed E-state index contributed by atoms with van der Waals surface area (Å²) >= 11 is 0. The molecule has 3 heterocycles. The number of fused-ring (bicyclic) bond motifs is 8. The van der Waals surface area contributed by atoms with Gasteiger partial charge in [0.1, 0.15) is 11.2 Å². The van der Waals surface area contributed by atoms with Gasteiger partial charge >= 0.3 is 0 Å². The van der Waals surface area contributed by atoms with Crippen LogP contribution in [0.4, 0.5) is 0 Å². The summed E-state index contributed by atoms with van der Waals surface area (Å²) in [6, 6.07) is 56.6. The molecule has 0 amide bonds. The third-order valence-corrected chi connectivity index (χ3v) is 9.45. The molecule has 4 nitrogen and oxygen atoms in total. The van der Waals surface area contributed by atoms with Gasteiger partial charge in [-0.05, 0) is 47.5 Å². The zero-order chi connectivity index (χ0) is 32.3. The molecule has 0 saturated heterocycles. The number of hydrogen-bond donors (Lipinski definition) is 0. The summed E-state index contributed by atoms with van der Waals surface area (Å²) in [7, 11) is 0. The predicted octanol–water partition coefficient (Wildman–Crippen LogP) is 11.9. The molecule has 10 aromatic rings. The lowest BCUT2D eigenvalue weighted by molar-refractivity contribution is 0.673. The van der Waals surface area contributed by atoms with Gasteiger partial charge in [0, 0.05) is 49.0 Å². The van der Waals surface area contributed by atoms with Crippen LogP contribution in [0.25, 0.3) is 99.5 Å². The van der Waals surface area contributed by atoms with E-state index in [0.29, 0.717) is 5.82 Å². The molecule has 0 N–H and O–H groups in total. The van der Waals surface area contributed by atoms with Crippen LogP contribution in [0.1, 0.15) is 0 Å². The van der Waals surface area contributed by atoms with Crippen molar-refractivity contribution in [1.29, 1.82) is 0 Å². The molecule has 0 radical (unpaired) electrons. The zero-order valence-corrected chi connectivity index (χ0v) is 26.3. The van der Waals surface area contributed by atoms with E-state index in [1.807, 2.05) is 36.4 Å². The van der Waals surface area contributed by atoms with E-state index >= 15 is 0 Å². The molecular formula is C45H27N3O. The van der Waals surface area contributed by atoms with Crippen LogP contribution in [-0.2, 0) is 0 Å². The van der Waals surface area contributed by atoms with Crippen molar-refractivity contribution >= 4 is 54.5 Å². The minimum atomic E-state index is 0.693. The normalized spacial score (nSPS) is 11.7. The van der Waals surface area contributed by atoms with Crippen molar-refractivity contribution in [2.75, 3.05) is 0 Å². The van der Waals surface area contributed by atoms with Gasteiger partial charge in [-0.25, -0.2) is 15.0 Å². The Morgan fingerprint density at radius 1 is 0.347 bits per heavy atom. The fraction of sp³-hybridized carbons (Fsp3) is 0. The summed E-state index contributed by atoms with van der Waals surface area (Å²) in [5.74, 6) is 0.693. The number of aromatic nitrogens is 3. The molecule has 0 atom stereocenters. The quantitative estimate of drug-likeness (QED) is 0.183. The topological polar surface area (TPSA) is 51.8 Å². The van der Waals surface area contributed by atoms with Crippen LogP contribution >= 0.6 is 0 Å². The Morgan fingerprint density at radius 3 is 1.73 bits per heavy atom. The Hall–Kier alpha value is -6.65. The van der Waals surface area contributed by atoms with Crippen molar-refractivity contribution < 1.29 is 4.42 Å². The second-order valence-electron chi connectivity index (χ2n) is 12.4. The fourth-order valence-electron chi connectivity index (χ4n) is 7.14. The summed E-state index contributed by atoms with van der Waals surface area (Å²) in [4.78, 5) is 15.5. The van der Waals surface area contributed by atoms with Crippen LogP contribution in [0.15, 0.2) is 168 Å². The highest BCUT2D eigenvalue weighted by Gasteiger charge is 2.18. The van der Waals surface area contributed by atoms with Crippen molar-refractivity contribution in [3.05, 3.63) is 164 Å². The van der Waals surface area contributed by atoms with Crippen LogP contribution in [0, 0.1) is 0 Å². The van der Waals surface area contributed by atoms with Gasteiger partial charge in [-0.3, -0.25) is 0 Å². The van der Waals surface area contributed by atoms with Crippen molar-refractivity contribution in [3.8, 4) is 45.0 Å². The van der Waals surface area contributed by atoms with Crippen molar-refractivity contribution in [1.82, 2.24) is 15.0 Å². The molecule has 3 aromatic heterocycles. The monoisotopic (exact) mass is 625 g/mol. The van der Waals surface area contributed by atoms with E-state index in [1.54, 1.807) is 0 Å². The first kappa shape index (κ1) is 27.5. The maximum Gasteiger partial charge on any atom is 0.160 e. The Bertz CT molecular complexity index is 2890. The SMILES string of the molecule is c1ccc(-c2cccc(-c3nc(-c4cccc(-c5nc6ccccc6c6c5ccc5c7ccccc7oc56)c4)c4ccccc4n3)c2)cc1. The molecule has 0 bridgehead atoms. The van der Waals surface area contributed by atoms with Gasteiger partial charge in [-0.2, -0.15) is 0 Å². The van der Waals surface area contributed by atoms with Crippen LogP contribution < -0.4 is 0 Å². The molecule has 0 aliphatic carbocycles. The van der Waals surface area contributed by atoms with Crippen LogP contribution in [0.2, 0.25) is 0 Å². The second kappa shape index (κ2) is 11.0. The van der Waals surface area contributed by atoms with Crippen molar-refractivity contribution in [3.63, 3.8) is 0 Å². The minimum Gasteiger partial charge on any atom is -0.455 e. The van der Waals surface area contributed by atoms with Gasteiger partial charge in [-0.1, -0.05) is 127 Å². The summed E-state index contributed by atoms with van der Waals surface area (Å²) in [6.07, 6.45) is 0. The third kappa shape index (κ3) is 4.49. The molecule has 0 saturated carbocycles. The molecule has 0 aliphatic rings. The first-order valence-corrected chi connectivity index (χ1v) is 16.4. The molecule has 0 aliphatic heterocycles. The van der Waals surface area contributed by atoms with Crippen LogP contribution in [0.5, 0.6) is 0 Å². The standard InChI is InChI=1S/C45H27N3O/c1-2-12-28(13-3-1)29-14-10-17-32(26-29)45-47-39-22-8-5-20-36(39)42(48-45)30-15-11-16-31(27-30)43-37-25-24-34-33-18-6-9-23-40(33)49-44(34)41(37)35-19-4-7-21-38(35)46-43/h1-27H. The molecule has 4 heteroatoms. The van der Waals surface area contributed by atoms with Gasteiger partial charge < -0.3 is 4.42 Å². The largest absolute Gasteiger partial charge is 0.455 e. The van der Waals surface area contributed by atoms with Crippen LogP contribution in [-0.4, -0.2) is 15.0 Å². The summed E-state index contributed by atoms with van der Waals surface area (Å²) in [6.45, 7) is 0. The second-order valence-corrected chi connectivity index (χ2v) is 12.4. The Labute approximate surface area is 282 Å². The lowest BCUT2D eigenvalue weighted by Crippen LogP contribution is -1.96. The van der Waals surface area contributed by atoms with E-state index in [9.17, 15) is 0 Å². The fourth-order valence-corrected chi connectivity index (χ4v) is 7.14. The van der Waals surface area contributed by atoms with Crippen molar-refractivity contribution in [2.24, 2.45) is 0 Å². The van der Waals surface area contributed by atoms with Crippen LogP contribution in [0.3, 0.4) is 0 Å². The van der Waals surface area contributed by atoms with Gasteiger partial charge in [0.25, 0.3) is 0 Å². The number of benzene rings is 7. The molecule has 0 unspecified atom stereocenters. The Balaban J connectivity index is 1.18. The molecule has 228 valence electrons. The molecule has 10 rings (SSSR count). The average Bonchev–Trinajstić information content (AvgIpc) is 3.56. The lowest BCUT2D eigenvalue weighted by Gasteiger charge is -2.13. The molecule has 0 fully saturated rings. The number of pyridine rings is 1. The zero-order valence-electron chi connectivity index (χ0n) is 26.3. The highest BCUT2D eigenvalue weighted by molar-refractivity contribution is 6.24. The van der Waals surface area contributed by atoms with Crippen molar-refractivity contribution in [2.45, 2.75) is 0 Å². The Kier molecular flexibility index (Phi) is 6.15. The Morgan fingerprint density at radius 2 is 0.918 bits per heavy atom.